The zero-order valence-corrected chi connectivity index (χ0v) is 12.2. The number of halogens is 1. The van der Waals surface area contributed by atoms with Gasteiger partial charge in [0, 0.05) is 0 Å². The molecule has 2 aromatic carbocycles. The van der Waals surface area contributed by atoms with Gasteiger partial charge in [-0.05, 0) is 33.6 Å². The Hall–Kier alpha value is -2.41. The third-order valence-corrected chi connectivity index (χ3v) is 3.35. The minimum atomic E-state index is -1.38. The molecular weight excluding hydrogens is 342 g/mol. The van der Waals surface area contributed by atoms with Crippen LogP contribution in [0, 0.1) is 10.1 Å². The van der Waals surface area contributed by atoms with Crippen molar-refractivity contribution in [1.82, 2.24) is 0 Å². The number of carboxylic acids is 1. The van der Waals surface area contributed by atoms with Crippen molar-refractivity contribution in [3.63, 3.8) is 0 Å². The van der Waals surface area contributed by atoms with Crippen LogP contribution in [0.2, 0.25) is 0 Å². The minimum Gasteiger partial charge on any atom is -0.481 e. The maximum Gasteiger partial charge on any atom is 0.342 e. The summed E-state index contributed by atoms with van der Waals surface area (Å²) in [5.41, 5.74) is -0.154. The number of hydrogen-bond acceptors (Lipinski definition) is 4. The molecule has 2 aromatic rings. The average Bonchev–Trinajstić information content (AvgIpc) is 2.46. The van der Waals surface area contributed by atoms with Gasteiger partial charge in [0.15, 0.2) is 0 Å². The molecule has 21 heavy (non-hydrogen) atoms. The topological polar surface area (TPSA) is 89.7 Å². The SMILES string of the molecule is O=C(O)c1ccc(Br)c(OCc2ccccc2)c1[N+](=O)[O-]. The maximum atomic E-state index is 11.2. The molecule has 2 rings (SSSR count). The molecule has 0 saturated heterocycles. The zero-order chi connectivity index (χ0) is 15.4. The van der Waals surface area contributed by atoms with Crippen LogP contribution in [0.25, 0.3) is 0 Å². The van der Waals surface area contributed by atoms with E-state index in [4.69, 9.17) is 9.84 Å². The molecule has 0 fully saturated rings. The first-order valence-electron chi connectivity index (χ1n) is 5.87. The Morgan fingerprint density at radius 3 is 2.48 bits per heavy atom. The van der Waals surface area contributed by atoms with Gasteiger partial charge in [0.25, 0.3) is 0 Å². The highest BCUT2D eigenvalue weighted by Crippen LogP contribution is 2.38. The highest BCUT2D eigenvalue weighted by molar-refractivity contribution is 9.10. The van der Waals surface area contributed by atoms with Gasteiger partial charge in [-0.2, -0.15) is 0 Å². The lowest BCUT2D eigenvalue weighted by atomic mass is 10.1. The number of hydrogen-bond donors (Lipinski definition) is 1. The molecule has 0 aliphatic heterocycles. The number of carboxylic acid groups (broad SMARTS) is 1. The second-order valence-corrected chi connectivity index (χ2v) is 4.96. The quantitative estimate of drug-likeness (QED) is 0.656. The van der Waals surface area contributed by atoms with E-state index >= 15 is 0 Å². The lowest BCUT2D eigenvalue weighted by molar-refractivity contribution is -0.386. The number of rotatable bonds is 5. The number of ether oxygens (including phenoxy) is 1. The first-order valence-corrected chi connectivity index (χ1v) is 6.67. The molecule has 0 saturated carbocycles. The Morgan fingerprint density at radius 2 is 1.90 bits per heavy atom. The van der Waals surface area contributed by atoms with Gasteiger partial charge < -0.3 is 9.84 Å². The first kappa shape index (κ1) is 15.0. The lowest BCUT2D eigenvalue weighted by Crippen LogP contribution is -2.06. The van der Waals surface area contributed by atoms with Crippen molar-refractivity contribution in [1.29, 1.82) is 0 Å². The zero-order valence-electron chi connectivity index (χ0n) is 10.7. The van der Waals surface area contributed by atoms with Crippen LogP contribution in [0.15, 0.2) is 46.9 Å². The van der Waals surface area contributed by atoms with Crippen LogP contribution in [0.4, 0.5) is 5.69 Å². The average molecular weight is 352 g/mol. The highest BCUT2D eigenvalue weighted by Gasteiger charge is 2.28. The number of carbonyl (C=O) groups is 1. The Balaban J connectivity index is 2.40. The van der Waals surface area contributed by atoms with E-state index in [1.54, 1.807) is 12.1 Å². The molecule has 0 heterocycles. The van der Waals surface area contributed by atoms with Crippen molar-refractivity contribution >= 4 is 27.6 Å². The van der Waals surface area contributed by atoms with Gasteiger partial charge in [0.1, 0.15) is 12.2 Å². The molecule has 0 bridgehead atoms. The fraction of sp³-hybridized carbons (Fsp3) is 0.0714. The Bertz CT molecular complexity index is 687. The van der Waals surface area contributed by atoms with Crippen molar-refractivity contribution in [3.8, 4) is 5.75 Å². The van der Waals surface area contributed by atoms with Crippen LogP contribution < -0.4 is 4.74 Å². The number of nitro groups is 1. The largest absolute Gasteiger partial charge is 0.481 e. The summed E-state index contributed by atoms with van der Waals surface area (Å²) in [5, 5.41) is 20.2. The van der Waals surface area contributed by atoms with E-state index in [0.29, 0.717) is 4.47 Å². The number of aromatic carboxylic acids is 1. The predicted molar refractivity (Wildman–Crippen MR) is 78.5 cm³/mol. The van der Waals surface area contributed by atoms with Crippen LogP contribution in [0.5, 0.6) is 5.75 Å². The molecule has 0 aliphatic rings. The van der Waals surface area contributed by atoms with Gasteiger partial charge in [-0.15, -0.1) is 0 Å². The van der Waals surface area contributed by atoms with E-state index in [0.717, 1.165) is 5.56 Å². The molecule has 0 aliphatic carbocycles. The van der Waals surface area contributed by atoms with Gasteiger partial charge >= 0.3 is 11.7 Å². The monoisotopic (exact) mass is 351 g/mol. The van der Waals surface area contributed by atoms with Gasteiger partial charge in [-0.25, -0.2) is 4.79 Å². The van der Waals surface area contributed by atoms with E-state index in [-0.39, 0.29) is 12.4 Å². The maximum absolute atomic E-state index is 11.2. The van der Waals surface area contributed by atoms with Crippen molar-refractivity contribution in [3.05, 3.63) is 68.2 Å². The Morgan fingerprint density at radius 1 is 1.24 bits per heavy atom. The van der Waals surface area contributed by atoms with Crippen LogP contribution in [-0.2, 0) is 6.61 Å². The van der Waals surface area contributed by atoms with E-state index < -0.39 is 22.1 Å². The van der Waals surface area contributed by atoms with Crippen LogP contribution >= 0.6 is 15.9 Å². The summed E-state index contributed by atoms with van der Waals surface area (Å²) >= 11 is 3.15. The number of benzene rings is 2. The van der Waals surface area contributed by atoms with Crippen molar-refractivity contribution < 1.29 is 19.6 Å². The molecule has 6 nitrogen and oxygen atoms in total. The minimum absolute atomic E-state index is 0.0937. The molecule has 0 aromatic heterocycles. The van der Waals surface area contributed by atoms with Crippen molar-refractivity contribution in [2.45, 2.75) is 6.61 Å². The van der Waals surface area contributed by atoms with Gasteiger partial charge in [0.05, 0.1) is 9.40 Å². The van der Waals surface area contributed by atoms with Crippen molar-refractivity contribution in [2.75, 3.05) is 0 Å². The Kier molecular flexibility index (Phi) is 4.54. The molecule has 0 atom stereocenters. The molecule has 0 amide bonds. The third kappa shape index (κ3) is 3.38. The normalized spacial score (nSPS) is 10.1. The molecule has 0 radical (unpaired) electrons. The van der Waals surface area contributed by atoms with Gasteiger partial charge in [0.2, 0.25) is 5.75 Å². The summed E-state index contributed by atoms with van der Waals surface area (Å²) in [4.78, 5) is 21.5. The second-order valence-electron chi connectivity index (χ2n) is 4.11. The highest BCUT2D eigenvalue weighted by atomic mass is 79.9. The molecule has 1 N–H and O–H groups in total. The summed E-state index contributed by atoms with van der Waals surface area (Å²) in [6, 6.07) is 11.7. The fourth-order valence-corrected chi connectivity index (χ4v) is 2.20. The second kappa shape index (κ2) is 6.36. The fourth-order valence-electron chi connectivity index (χ4n) is 1.77. The van der Waals surface area contributed by atoms with Crippen LogP contribution in [-0.4, -0.2) is 16.0 Å². The van der Waals surface area contributed by atoms with Crippen LogP contribution in [0.1, 0.15) is 15.9 Å². The summed E-state index contributed by atoms with van der Waals surface area (Å²) in [6.07, 6.45) is 0. The molecule has 7 heteroatoms. The molecular formula is C14H10BrNO5. The standard InChI is InChI=1S/C14H10BrNO5/c15-11-7-6-10(14(17)18)12(16(19)20)13(11)21-8-9-4-2-1-3-5-9/h1-7H,8H2,(H,17,18). The van der Waals surface area contributed by atoms with E-state index in [2.05, 4.69) is 15.9 Å². The third-order valence-electron chi connectivity index (χ3n) is 2.72. The predicted octanol–water partition coefficient (Wildman–Crippen LogP) is 3.63. The number of nitro benzene ring substituents is 1. The molecule has 0 spiro atoms. The smallest absolute Gasteiger partial charge is 0.342 e. The summed E-state index contributed by atoms with van der Waals surface area (Å²) in [7, 11) is 0. The Labute approximate surface area is 128 Å². The summed E-state index contributed by atoms with van der Waals surface area (Å²) < 4.78 is 5.78. The van der Waals surface area contributed by atoms with E-state index in [1.165, 1.54) is 12.1 Å². The van der Waals surface area contributed by atoms with E-state index in [1.807, 2.05) is 18.2 Å². The number of nitrogens with zero attached hydrogens (tertiary/aromatic N) is 1. The summed E-state index contributed by atoms with van der Waals surface area (Å²) in [5.74, 6) is -1.47. The van der Waals surface area contributed by atoms with E-state index in [9.17, 15) is 14.9 Å². The van der Waals surface area contributed by atoms with Gasteiger partial charge in [-0.3, -0.25) is 10.1 Å². The molecule has 108 valence electrons. The first-order chi connectivity index (χ1) is 10.0. The summed E-state index contributed by atoms with van der Waals surface area (Å²) in [6.45, 7) is 0.101. The van der Waals surface area contributed by atoms with Crippen molar-refractivity contribution in [2.24, 2.45) is 0 Å². The lowest BCUT2D eigenvalue weighted by Gasteiger charge is -2.10. The molecule has 0 unspecified atom stereocenters. The van der Waals surface area contributed by atoms with Crippen LogP contribution in [0.3, 0.4) is 0 Å². The van der Waals surface area contributed by atoms with Gasteiger partial charge in [-0.1, -0.05) is 30.3 Å².